The number of nitrogens with one attached hydrogen (secondary N) is 1. The molecule has 1 amide bonds. The summed E-state index contributed by atoms with van der Waals surface area (Å²) in [5.41, 5.74) is 2.23. The summed E-state index contributed by atoms with van der Waals surface area (Å²) >= 11 is 0. The zero-order valence-electron chi connectivity index (χ0n) is 19.1. The first-order valence-corrected chi connectivity index (χ1v) is 12.3. The second-order valence-electron chi connectivity index (χ2n) is 7.53. The molecule has 0 aliphatic heterocycles. The van der Waals surface area contributed by atoms with E-state index in [2.05, 4.69) is 10.3 Å². The second-order valence-corrected chi connectivity index (χ2v) is 9.47. The van der Waals surface area contributed by atoms with Gasteiger partial charge in [-0.25, -0.2) is 8.42 Å². The van der Waals surface area contributed by atoms with Crippen LogP contribution in [-0.2, 0) is 16.6 Å². The predicted octanol–water partition coefficient (Wildman–Crippen LogP) is 4.18. The molecule has 0 fully saturated rings. The third-order valence-corrected chi connectivity index (χ3v) is 7.36. The lowest BCUT2D eigenvalue weighted by Crippen LogP contribution is -2.30. The number of pyridine rings is 1. The lowest BCUT2D eigenvalue weighted by atomic mass is 10.1. The molecule has 0 bridgehead atoms. The Hall–Kier alpha value is -3.23. The zero-order chi connectivity index (χ0) is 23.8. The zero-order valence-corrected chi connectivity index (χ0v) is 19.9. The van der Waals surface area contributed by atoms with Crippen LogP contribution in [0.2, 0.25) is 0 Å². The number of hydrogen-bond donors (Lipinski definition) is 1. The van der Waals surface area contributed by atoms with Crippen LogP contribution in [-0.4, -0.2) is 36.7 Å². The van der Waals surface area contributed by atoms with Crippen molar-refractivity contribution in [1.29, 1.82) is 0 Å². The van der Waals surface area contributed by atoms with Gasteiger partial charge >= 0.3 is 0 Å². The van der Waals surface area contributed by atoms with E-state index in [0.29, 0.717) is 31.0 Å². The van der Waals surface area contributed by atoms with E-state index < -0.39 is 10.0 Å². The standard InChI is InChI=1S/C25H29N3O4S/c1-4-28(5-2)33(30,31)24-13-11-21(12-14-24)19(3)27-25(29)22-9-6-10-23(16-22)32-18-20-8-7-15-26-17-20/h6-17,19H,4-5,18H2,1-3H3,(H,27,29). The van der Waals surface area contributed by atoms with Crippen LogP contribution in [0.15, 0.2) is 78.0 Å². The Bertz CT molecular complexity index is 1160. The fourth-order valence-corrected chi connectivity index (χ4v) is 4.84. The van der Waals surface area contributed by atoms with Gasteiger partial charge in [0.15, 0.2) is 0 Å². The van der Waals surface area contributed by atoms with Crippen molar-refractivity contribution in [1.82, 2.24) is 14.6 Å². The van der Waals surface area contributed by atoms with Crippen molar-refractivity contribution >= 4 is 15.9 Å². The smallest absolute Gasteiger partial charge is 0.251 e. The molecule has 1 N–H and O–H groups in total. The third-order valence-electron chi connectivity index (χ3n) is 5.30. The molecule has 3 aromatic rings. The number of carbonyl (C=O) groups excluding carboxylic acids is 1. The van der Waals surface area contributed by atoms with Gasteiger partial charge in [0.25, 0.3) is 5.91 Å². The summed E-state index contributed by atoms with van der Waals surface area (Å²) in [7, 11) is -3.51. The van der Waals surface area contributed by atoms with Gasteiger partial charge < -0.3 is 10.1 Å². The second kappa shape index (κ2) is 11.1. The van der Waals surface area contributed by atoms with Crippen LogP contribution in [0.4, 0.5) is 0 Å². The van der Waals surface area contributed by atoms with Crippen LogP contribution in [0.1, 0.15) is 48.3 Å². The number of sulfonamides is 1. The Kier molecular flexibility index (Phi) is 8.19. The molecule has 0 aliphatic carbocycles. The average molecular weight is 468 g/mol. The summed E-state index contributed by atoms with van der Waals surface area (Å²) in [6, 6.07) is 17.1. The minimum Gasteiger partial charge on any atom is -0.489 e. The molecule has 1 unspecified atom stereocenters. The van der Waals surface area contributed by atoms with Gasteiger partial charge in [-0.05, 0) is 48.9 Å². The molecule has 3 rings (SSSR count). The molecule has 0 saturated carbocycles. The van der Waals surface area contributed by atoms with E-state index in [1.54, 1.807) is 60.9 Å². The highest BCUT2D eigenvalue weighted by atomic mass is 32.2. The van der Waals surface area contributed by atoms with Gasteiger partial charge in [0, 0.05) is 36.6 Å². The predicted molar refractivity (Wildman–Crippen MR) is 127 cm³/mol. The summed E-state index contributed by atoms with van der Waals surface area (Å²) in [5.74, 6) is 0.347. The molecule has 2 aromatic carbocycles. The van der Waals surface area contributed by atoms with Crippen molar-refractivity contribution in [3.05, 3.63) is 89.7 Å². The van der Waals surface area contributed by atoms with Crippen molar-refractivity contribution < 1.29 is 17.9 Å². The number of ether oxygens (including phenoxy) is 1. The minimum atomic E-state index is -3.51. The summed E-state index contributed by atoms with van der Waals surface area (Å²) in [4.78, 5) is 17.1. The minimum absolute atomic E-state index is 0.242. The molecular weight excluding hydrogens is 438 g/mol. The van der Waals surface area contributed by atoms with Gasteiger partial charge in [0.2, 0.25) is 10.0 Å². The van der Waals surface area contributed by atoms with Gasteiger partial charge in [0.1, 0.15) is 12.4 Å². The van der Waals surface area contributed by atoms with Crippen LogP contribution in [0.25, 0.3) is 0 Å². The molecule has 1 aromatic heterocycles. The Morgan fingerprint density at radius 2 is 1.79 bits per heavy atom. The Morgan fingerprint density at radius 3 is 2.42 bits per heavy atom. The lowest BCUT2D eigenvalue weighted by Gasteiger charge is -2.19. The number of hydrogen-bond acceptors (Lipinski definition) is 5. The molecule has 0 saturated heterocycles. The Labute approximate surface area is 195 Å². The van der Waals surface area contributed by atoms with E-state index >= 15 is 0 Å². The van der Waals surface area contributed by atoms with Gasteiger partial charge in [-0.15, -0.1) is 0 Å². The number of rotatable bonds is 10. The van der Waals surface area contributed by atoms with Crippen LogP contribution >= 0.6 is 0 Å². The SMILES string of the molecule is CCN(CC)S(=O)(=O)c1ccc(C(C)NC(=O)c2cccc(OCc3cccnc3)c2)cc1. The van der Waals surface area contributed by atoms with Crippen LogP contribution < -0.4 is 10.1 Å². The van der Waals surface area contributed by atoms with Gasteiger partial charge in [0.05, 0.1) is 10.9 Å². The fraction of sp³-hybridized carbons (Fsp3) is 0.280. The molecule has 174 valence electrons. The van der Waals surface area contributed by atoms with Crippen LogP contribution in [0, 0.1) is 0 Å². The number of nitrogens with zero attached hydrogens (tertiary/aromatic N) is 2. The highest BCUT2D eigenvalue weighted by Gasteiger charge is 2.21. The maximum Gasteiger partial charge on any atom is 0.251 e. The molecule has 1 heterocycles. The van der Waals surface area contributed by atoms with Crippen molar-refractivity contribution in [2.75, 3.05) is 13.1 Å². The summed E-state index contributed by atoms with van der Waals surface area (Å²) < 4.78 is 32.5. The molecule has 33 heavy (non-hydrogen) atoms. The van der Waals surface area contributed by atoms with E-state index in [1.165, 1.54) is 4.31 Å². The van der Waals surface area contributed by atoms with Crippen molar-refractivity contribution in [3.8, 4) is 5.75 Å². The maximum absolute atomic E-state index is 12.8. The number of benzene rings is 2. The quantitative estimate of drug-likeness (QED) is 0.483. The number of aromatic nitrogens is 1. The largest absolute Gasteiger partial charge is 0.489 e. The third kappa shape index (κ3) is 6.18. The van der Waals surface area contributed by atoms with Crippen molar-refractivity contribution in [2.45, 2.75) is 38.3 Å². The first kappa shape index (κ1) is 24.4. The first-order valence-electron chi connectivity index (χ1n) is 10.9. The lowest BCUT2D eigenvalue weighted by molar-refractivity contribution is 0.0939. The summed E-state index contributed by atoms with van der Waals surface area (Å²) in [6.45, 7) is 6.67. The topological polar surface area (TPSA) is 88.6 Å². The number of amides is 1. The molecule has 8 heteroatoms. The Morgan fingerprint density at radius 1 is 1.06 bits per heavy atom. The molecule has 7 nitrogen and oxygen atoms in total. The maximum atomic E-state index is 12.8. The van der Waals surface area contributed by atoms with E-state index in [4.69, 9.17) is 4.74 Å². The summed E-state index contributed by atoms with van der Waals surface area (Å²) in [5, 5.41) is 2.95. The molecular formula is C25H29N3O4S. The van der Waals surface area contributed by atoms with Crippen LogP contribution in [0.5, 0.6) is 5.75 Å². The van der Waals surface area contributed by atoms with E-state index in [1.807, 2.05) is 32.9 Å². The average Bonchev–Trinajstić information content (AvgIpc) is 2.84. The monoisotopic (exact) mass is 467 g/mol. The fourth-order valence-electron chi connectivity index (χ4n) is 3.38. The van der Waals surface area contributed by atoms with E-state index in [-0.39, 0.29) is 16.8 Å². The molecule has 0 radical (unpaired) electrons. The van der Waals surface area contributed by atoms with E-state index in [9.17, 15) is 13.2 Å². The normalized spacial score (nSPS) is 12.4. The van der Waals surface area contributed by atoms with Gasteiger partial charge in [-0.1, -0.05) is 38.1 Å². The van der Waals surface area contributed by atoms with Crippen molar-refractivity contribution in [3.63, 3.8) is 0 Å². The van der Waals surface area contributed by atoms with Gasteiger partial charge in [-0.2, -0.15) is 4.31 Å². The highest BCUT2D eigenvalue weighted by Crippen LogP contribution is 2.21. The van der Waals surface area contributed by atoms with E-state index in [0.717, 1.165) is 11.1 Å². The number of carbonyl (C=O) groups is 1. The highest BCUT2D eigenvalue weighted by molar-refractivity contribution is 7.89. The Balaban J connectivity index is 1.64. The first-order chi connectivity index (χ1) is 15.8. The molecule has 1 atom stereocenters. The van der Waals surface area contributed by atoms with Gasteiger partial charge in [-0.3, -0.25) is 9.78 Å². The van der Waals surface area contributed by atoms with Crippen molar-refractivity contribution in [2.24, 2.45) is 0 Å². The van der Waals surface area contributed by atoms with Crippen LogP contribution in [0.3, 0.4) is 0 Å². The summed E-state index contributed by atoms with van der Waals surface area (Å²) in [6.07, 6.45) is 3.43. The molecule has 0 aliphatic rings. The molecule has 0 spiro atoms.